The summed E-state index contributed by atoms with van der Waals surface area (Å²) in [6.07, 6.45) is 6.75. The van der Waals surface area contributed by atoms with Gasteiger partial charge in [0, 0.05) is 19.3 Å². The highest BCUT2D eigenvalue weighted by molar-refractivity contribution is 6.01. The van der Waals surface area contributed by atoms with Crippen molar-refractivity contribution in [2.24, 2.45) is 11.7 Å². The molecule has 2 rings (SSSR count). The Balaban J connectivity index is 2.26. The Morgan fingerprint density at radius 3 is 2.58 bits per heavy atom. The number of nitrogens with two attached hydrogens (primary N) is 1. The zero-order valence-electron chi connectivity index (χ0n) is 12.1. The van der Waals surface area contributed by atoms with Crippen LogP contribution in [0.15, 0.2) is 12.3 Å². The van der Waals surface area contributed by atoms with E-state index in [1.165, 1.54) is 25.7 Å². The Kier molecular flexibility index (Phi) is 4.08. The fourth-order valence-corrected chi connectivity index (χ4v) is 2.95. The van der Waals surface area contributed by atoms with Gasteiger partial charge in [0.05, 0.1) is 5.56 Å². The summed E-state index contributed by atoms with van der Waals surface area (Å²) in [5, 5.41) is 7.77. The summed E-state index contributed by atoms with van der Waals surface area (Å²) in [5.74, 6) is 1.80. The first-order chi connectivity index (χ1) is 9.00. The molecule has 0 aromatic carbocycles. The minimum atomic E-state index is 0.108. The summed E-state index contributed by atoms with van der Waals surface area (Å²) < 4.78 is 0. The first kappa shape index (κ1) is 13.8. The minimum Gasteiger partial charge on any atom is -0.384 e. The predicted octanol–water partition coefficient (Wildman–Crippen LogP) is 2.69. The van der Waals surface area contributed by atoms with Gasteiger partial charge in [-0.25, -0.2) is 4.98 Å². The number of anilines is 1. The molecule has 0 bridgehead atoms. The Labute approximate surface area is 115 Å². The van der Waals surface area contributed by atoms with Crippen LogP contribution in [0.3, 0.4) is 0 Å². The Morgan fingerprint density at radius 1 is 1.37 bits per heavy atom. The fraction of sp³-hybridized carbons (Fsp3) is 0.600. The largest absolute Gasteiger partial charge is 0.384 e. The fourth-order valence-electron chi connectivity index (χ4n) is 2.95. The monoisotopic (exact) mass is 260 g/mol. The lowest BCUT2D eigenvalue weighted by atomic mass is 9.86. The van der Waals surface area contributed by atoms with Gasteiger partial charge >= 0.3 is 0 Å². The first-order valence-electron chi connectivity index (χ1n) is 7.03. The van der Waals surface area contributed by atoms with Crippen LogP contribution >= 0.6 is 0 Å². The van der Waals surface area contributed by atoms with E-state index in [9.17, 15) is 0 Å². The van der Waals surface area contributed by atoms with E-state index in [4.69, 9.17) is 11.1 Å². The number of hydrogen-bond donors (Lipinski definition) is 2. The van der Waals surface area contributed by atoms with Gasteiger partial charge in [0.2, 0.25) is 0 Å². The Hall–Kier alpha value is -1.58. The number of aromatic nitrogens is 1. The van der Waals surface area contributed by atoms with Crippen LogP contribution in [0.2, 0.25) is 0 Å². The summed E-state index contributed by atoms with van der Waals surface area (Å²) in [7, 11) is 2.08. The van der Waals surface area contributed by atoms with Crippen LogP contribution in [0.25, 0.3) is 0 Å². The topological polar surface area (TPSA) is 66.0 Å². The van der Waals surface area contributed by atoms with Crippen LogP contribution in [0.5, 0.6) is 0 Å². The molecule has 0 radical (unpaired) electrons. The molecule has 1 aliphatic carbocycles. The molecular formula is C15H24N4. The summed E-state index contributed by atoms with van der Waals surface area (Å²) in [5.41, 5.74) is 7.52. The number of nitrogen functional groups attached to an aromatic ring is 1. The van der Waals surface area contributed by atoms with E-state index in [2.05, 4.69) is 23.9 Å². The van der Waals surface area contributed by atoms with Crippen LogP contribution < -0.4 is 10.6 Å². The summed E-state index contributed by atoms with van der Waals surface area (Å²) in [6.45, 7) is 4.31. The zero-order chi connectivity index (χ0) is 14.0. The molecule has 1 aliphatic rings. The second-order valence-electron chi connectivity index (χ2n) is 5.76. The smallest absolute Gasteiger partial charge is 0.139 e. The maximum Gasteiger partial charge on any atom is 0.139 e. The lowest BCUT2D eigenvalue weighted by molar-refractivity contribution is 0.340. The predicted molar refractivity (Wildman–Crippen MR) is 79.8 cm³/mol. The van der Waals surface area contributed by atoms with Gasteiger partial charge in [-0.05, 0) is 50.2 Å². The third-order valence-corrected chi connectivity index (χ3v) is 4.28. The number of amidine groups is 1. The molecule has 4 nitrogen and oxygen atoms in total. The van der Waals surface area contributed by atoms with Gasteiger partial charge in [-0.1, -0.05) is 6.92 Å². The van der Waals surface area contributed by atoms with Crippen molar-refractivity contribution in [3.63, 3.8) is 0 Å². The molecule has 0 atom stereocenters. The number of pyridine rings is 1. The molecule has 0 saturated heterocycles. The molecule has 4 heteroatoms. The third-order valence-electron chi connectivity index (χ3n) is 4.28. The van der Waals surface area contributed by atoms with Crippen LogP contribution in [0, 0.1) is 18.3 Å². The van der Waals surface area contributed by atoms with Gasteiger partial charge in [0.25, 0.3) is 0 Å². The Bertz CT molecular complexity index is 461. The average Bonchev–Trinajstić information content (AvgIpc) is 2.38. The van der Waals surface area contributed by atoms with E-state index < -0.39 is 0 Å². The van der Waals surface area contributed by atoms with Crippen LogP contribution in [-0.2, 0) is 0 Å². The van der Waals surface area contributed by atoms with Gasteiger partial charge in [-0.2, -0.15) is 0 Å². The van der Waals surface area contributed by atoms with Crippen molar-refractivity contribution in [2.45, 2.75) is 45.6 Å². The van der Waals surface area contributed by atoms with Crippen molar-refractivity contribution in [3.05, 3.63) is 23.4 Å². The highest BCUT2D eigenvalue weighted by atomic mass is 15.2. The molecule has 1 heterocycles. The van der Waals surface area contributed by atoms with Crippen molar-refractivity contribution in [1.29, 1.82) is 5.41 Å². The molecule has 1 aromatic heterocycles. The second kappa shape index (κ2) is 5.59. The maximum atomic E-state index is 7.77. The molecule has 0 spiro atoms. The molecule has 19 heavy (non-hydrogen) atoms. The lowest BCUT2D eigenvalue weighted by Crippen LogP contribution is -2.37. The molecule has 1 aromatic rings. The summed E-state index contributed by atoms with van der Waals surface area (Å²) in [6, 6.07) is 2.43. The molecule has 1 fully saturated rings. The van der Waals surface area contributed by atoms with E-state index in [0.717, 1.165) is 22.9 Å². The van der Waals surface area contributed by atoms with Gasteiger partial charge in [0.15, 0.2) is 0 Å². The lowest BCUT2D eigenvalue weighted by Gasteiger charge is -2.35. The maximum absolute atomic E-state index is 7.77. The summed E-state index contributed by atoms with van der Waals surface area (Å²) in [4.78, 5) is 6.68. The van der Waals surface area contributed by atoms with Crippen molar-refractivity contribution in [1.82, 2.24) is 4.98 Å². The van der Waals surface area contributed by atoms with E-state index in [1.54, 1.807) is 6.20 Å². The normalized spacial score (nSPS) is 23.1. The van der Waals surface area contributed by atoms with E-state index in [0.29, 0.717) is 6.04 Å². The third kappa shape index (κ3) is 2.88. The SMILES string of the molecule is Cc1ccnc(N(C)C2CCC(C)CC2)c1C(=N)N. The van der Waals surface area contributed by atoms with Crippen LogP contribution in [0.4, 0.5) is 5.82 Å². The highest BCUT2D eigenvalue weighted by Gasteiger charge is 2.24. The molecule has 0 amide bonds. The van der Waals surface area contributed by atoms with Gasteiger partial charge in [0.1, 0.15) is 11.7 Å². The standard InChI is InChI=1S/C15H24N4/c1-10-4-6-12(7-5-10)19(3)15-13(14(16)17)11(2)8-9-18-15/h8-10,12H,4-7H2,1-3H3,(H3,16,17). The highest BCUT2D eigenvalue weighted by Crippen LogP contribution is 2.30. The van der Waals surface area contributed by atoms with Crippen molar-refractivity contribution in [3.8, 4) is 0 Å². The minimum absolute atomic E-state index is 0.108. The van der Waals surface area contributed by atoms with Crippen molar-refractivity contribution >= 4 is 11.7 Å². The molecule has 0 aliphatic heterocycles. The zero-order valence-corrected chi connectivity index (χ0v) is 12.1. The first-order valence-corrected chi connectivity index (χ1v) is 7.03. The molecule has 104 valence electrons. The summed E-state index contributed by atoms with van der Waals surface area (Å²) >= 11 is 0. The molecule has 0 unspecified atom stereocenters. The molecule has 3 N–H and O–H groups in total. The van der Waals surface area contributed by atoms with Gasteiger partial charge in [-0.3, -0.25) is 5.41 Å². The average molecular weight is 260 g/mol. The number of hydrogen-bond acceptors (Lipinski definition) is 3. The van der Waals surface area contributed by atoms with E-state index in [-0.39, 0.29) is 5.84 Å². The van der Waals surface area contributed by atoms with E-state index in [1.807, 2.05) is 13.0 Å². The van der Waals surface area contributed by atoms with Gasteiger partial charge in [-0.15, -0.1) is 0 Å². The second-order valence-corrected chi connectivity index (χ2v) is 5.76. The van der Waals surface area contributed by atoms with Crippen LogP contribution in [-0.4, -0.2) is 23.9 Å². The van der Waals surface area contributed by atoms with E-state index >= 15 is 0 Å². The molecular weight excluding hydrogens is 236 g/mol. The number of rotatable bonds is 3. The number of aryl methyl sites for hydroxylation is 1. The molecule has 1 saturated carbocycles. The Morgan fingerprint density at radius 2 is 2.00 bits per heavy atom. The number of nitrogens with zero attached hydrogens (tertiary/aromatic N) is 2. The van der Waals surface area contributed by atoms with Crippen molar-refractivity contribution in [2.75, 3.05) is 11.9 Å². The quantitative estimate of drug-likeness (QED) is 0.648. The van der Waals surface area contributed by atoms with Gasteiger partial charge < -0.3 is 10.6 Å². The van der Waals surface area contributed by atoms with Crippen LogP contribution in [0.1, 0.15) is 43.7 Å². The number of nitrogens with one attached hydrogen (secondary N) is 1. The van der Waals surface area contributed by atoms with Crippen molar-refractivity contribution < 1.29 is 0 Å².